The number of thiazole rings is 1. The van der Waals surface area contributed by atoms with Crippen LogP contribution in [0, 0.1) is 10.1 Å². The molecular formula is C28H29F6N5O4S2. The fourth-order valence-electron chi connectivity index (χ4n) is 5.31. The number of halogens is 6. The summed E-state index contributed by atoms with van der Waals surface area (Å²) in [5.41, 5.74) is -2.68. The summed E-state index contributed by atoms with van der Waals surface area (Å²) < 4.78 is 88.4. The van der Waals surface area contributed by atoms with E-state index >= 15 is 0 Å². The number of ether oxygens (including phenoxy) is 1. The summed E-state index contributed by atoms with van der Waals surface area (Å²) in [7, 11) is 0. The number of hydrogen-bond acceptors (Lipinski definition) is 9. The number of nitro groups is 1. The smallest absolute Gasteiger partial charge is 0.368 e. The van der Waals surface area contributed by atoms with Gasteiger partial charge < -0.3 is 9.64 Å². The SMILES string of the molecule is O=C(COC1CCC(NSc2ccc([N+](=O)[O-])c(C(F)(F)F)c2)CC1)N1CCN(Cc2nc3cc(C(F)(F)F)ccc3s2)CC1. The molecule has 2 aliphatic rings. The Bertz CT molecular complexity index is 1520. The quantitative estimate of drug-likeness (QED) is 0.118. The van der Waals surface area contributed by atoms with Crippen LogP contribution in [0.25, 0.3) is 10.2 Å². The molecule has 1 saturated heterocycles. The highest BCUT2D eigenvalue weighted by molar-refractivity contribution is 7.97. The molecule has 9 nitrogen and oxygen atoms in total. The standard InChI is InChI=1S/C28H29F6N5O4S2/c29-27(30,31)17-1-8-24-22(13-17)35-25(44-24)15-37-9-11-38(12-10-37)26(40)16-43-19-4-2-18(3-5-19)36-45-20-6-7-23(39(41)42)21(14-20)28(32,33)34/h1,6-8,13-14,18-19,36H,2-5,9-12,15-16H2. The van der Waals surface area contributed by atoms with Gasteiger partial charge >= 0.3 is 12.4 Å². The molecule has 1 amide bonds. The van der Waals surface area contributed by atoms with Crippen molar-refractivity contribution >= 4 is 45.1 Å². The van der Waals surface area contributed by atoms with Gasteiger partial charge in [-0.1, -0.05) is 0 Å². The van der Waals surface area contributed by atoms with Crippen LogP contribution in [0.15, 0.2) is 41.3 Å². The summed E-state index contributed by atoms with van der Waals surface area (Å²) in [4.78, 5) is 31.1. The van der Waals surface area contributed by atoms with Crippen molar-refractivity contribution < 1.29 is 40.8 Å². The number of rotatable bonds is 9. The molecule has 0 unspecified atom stereocenters. The van der Waals surface area contributed by atoms with Crippen molar-refractivity contribution in [2.45, 2.75) is 61.6 Å². The van der Waals surface area contributed by atoms with Crippen molar-refractivity contribution in [3.8, 4) is 0 Å². The number of nitrogens with one attached hydrogen (secondary N) is 1. The number of nitrogens with zero attached hydrogens (tertiary/aromatic N) is 4. The van der Waals surface area contributed by atoms with E-state index in [1.165, 1.54) is 23.5 Å². The van der Waals surface area contributed by atoms with Crippen LogP contribution in [0.2, 0.25) is 0 Å². The summed E-state index contributed by atoms with van der Waals surface area (Å²) in [6, 6.07) is 6.47. The van der Waals surface area contributed by atoms with E-state index in [0.717, 1.165) is 41.2 Å². The number of amides is 1. The number of piperazine rings is 1. The zero-order chi connectivity index (χ0) is 32.4. The van der Waals surface area contributed by atoms with Crippen molar-refractivity contribution in [1.82, 2.24) is 19.5 Å². The molecule has 1 aliphatic heterocycles. The lowest BCUT2D eigenvalue weighted by Gasteiger charge is -2.35. The number of carbonyl (C=O) groups is 1. The molecule has 17 heteroatoms. The Hall–Kier alpha value is -2.99. The van der Waals surface area contributed by atoms with Gasteiger partial charge in [0.1, 0.15) is 17.2 Å². The molecular weight excluding hydrogens is 648 g/mol. The van der Waals surface area contributed by atoms with Crippen molar-refractivity contribution in [2.24, 2.45) is 0 Å². The molecule has 244 valence electrons. The number of nitro benzene ring substituents is 1. The van der Waals surface area contributed by atoms with Gasteiger partial charge in [-0.15, -0.1) is 11.3 Å². The van der Waals surface area contributed by atoms with Crippen LogP contribution < -0.4 is 4.72 Å². The Labute approximate surface area is 262 Å². The maximum atomic E-state index is 13.2. The summed E-state index contributed by atoms with van der Waals surface area (Å²) in [5.74, 6) is -0.122. The fraction of sp³-hybridized carbons (Fsp3) is 0.500. The van der Waals surface area contributed by atoms with Gasteiger partial charge in [0.15, 0.2) is 0 Å². The van der Waals surface area contributed by atoms with Crippen molar-refractivity contribution in [3.63, 3.8) is 0 Å². The Morgan fingerprint density at radius 2 is 1.73 bits per heavy atom. The maximum absolute atomic E-state index is 13.2. The van der Waals surface area contributed by atoms with Gasteiger partial charge in [-0.2, -0.15) is 26.3 Å². The van der Waals surface area contributed by atoms with E-state index in [4.69, 9.17) is 4.74 Å². The van der Waals surface area contributed by atoms with Gasteiger partial charge in [0.25, 0.3) is 5.69 Å². The highest BCUT2D eigenvalue weighted by Gasteiger charge is 2.38. The second kappa shape index (κ2) is 13.8. The molecule has 1 N–H and O–H groups in total. The zero-order valence-corrected chi connectivity index (χ0v) is 25.3. The Morgan fingerprint density at radius 3 is 2.38 bits per heavy atom. The Morgan fingerprint density at radius 1 is 1.02 bits per heavy atom. The zero-order valence-electron chi connectivity index (χ0n) is 23.7. The van der Waals surface area contributed by atoms with Crippen molar-refractivity contribution in [1.29, 1.82) is 0 Å². The lowest BCUT2D eigenvalue weighted by Crippen LogP contribution is -2.49. The topological polar surface area (TPSA) is 101 Å². The first-order chi connectivity index (χ1) is 21.3. The average molecular weight is 678 g/mol. The van der Waals surface area contributed by atoms with E-state index in [9.17, 15) is 41.3 Å². The van der Waals surface area contributed by atoms with Gasteiger partial charge in [-0.05, 0) is 68.0 Å². The van der Waals surface area contributed by atoms with E-state index in [0.29, 0.717) is 68.6 Å². The van der Waals surface area contributed by atoms with Crippen LogP contribution in [0.4, 0.5) is 32.0 Å². The molecule has 2 aromatic carbocycles. The van der Waals surface area contributed by atoms with Crippen LogP contribution in [-0.2, 0) is 28.4 Å². The summed E-state index contributed by atoms with van der Waals surface area (Å²) in [5, 5.41) is 11.7. The van der Waals surface area contributed by atoms with E-state index in [2.05, 4.69) is 14.6 Å². The second-order valence-corrected chi connectivity index (χ2v) is 12.9. The molecule has 1 aliphatic carbocycles. The van der Waals surface area contributed by atoms with Crippen molar-refractivity contribution in [3.05, 3.63) is 62.6 Å². The minimum atomic E-state index is -4.84. The van der Waals surface area contributed by atoms with Crippen LogP contribution in [-0.4, -0.2) is 70.5 Å². The number of aromatic nitrogens is 1. The minimum Gasteiger partial charge on any atom is -0.368 e. The molecule has 45 heavy (non-hydrogen) atoms. The summed E-state index contributed by atoms with van der Waals surface area (Å²) in [6.07, 6.45) is -6.67. The number of fused-ring (bicyclic) bond motifs is 1. The summed E-state index contributed by atoms with van der Waals surface area (Å²) >= 11 is 2.35. The molecule has 0 bridgehead atoms. The highest BCUT2D eigenvalue weighted by atomic mass is 32.2. The molecule has 2 heterocycles. The third kappa shape index (κ3) is 8.64. The molecule has 0 atom stereocenters. The molecule has 2 fully saturated rings. The molecule has 1 aromatic heterocycles. The normalized spacial score (nSPS) is 20.1. The van der Waals surface area contributed by atoms with Gasteiger partial charge in [-0.25, -0.2) is 4.98 Å². The lowest BCUT2D eigenvalue weighted by molar-refractivity contribution is -0.388. The van der Waals surface area contributed by atoms with Gasteiger partial charge in [0, 0.05) is 43.2 Å². The number of benzene rings is 2. The molecule has 5 rings (SSSR count). The third-order valence-electron chi connectivity index (χ3n) is 7.77. The van der Waals surface area contributed by atoms with Crippen molar-refractivity contribution in [2.75, 3.05) is 32.8 Å². The fourth-order valence-corrected chi connectivity index (χ4v) is 7.15. The second-order valence-electron chi connectivity index (χ2n) is 10.9. The van der Waals surface area contributed by atoms with Crippen LogP contribution in [0.3, 0.4) is 0 Å². The highest BCUT2D eigenvalue weighted by Crippen LogP contribution is 2.38. The van der Waals surface area contributed by atoms with Gasteiger partial charge in [0.2, 0.25) is 5.91 Å². The first-order valence-electron chi connectivity index (χ1n) is 14.1. The molecule has 1 saturated carbocycles. The molecule has 0 radical (unpaired) electrons. The van der Waals surface area contributed by atoms with Crippen LogP contribution >= 0.6 is 23.3 Å². The van der Waals surface area contributed by atoms with Gasteiger partial charge in [-0.3, -0.25) is 24.5 Å². The van der Waals surface area contributed by atoms with E-state index < -0.39 is 34.1 Å². The van der Waals surface area contributed by atoms with E-state index in [1.807, 2.05) is 0 Å². The van der Waals surface area contributed by atoms with E-state index in [1.54, 1.807) is 4.90 Å². The Balaban J connectivity index is 1.01. The van der Waals surface area contributed by atoms with E-state index in [-0.39, 0.29) is 29.6 Å². The predicted octanol–water partition coefficient (Wildman–Crippen LogP) is 6.51. The Kier molecular flexibility index (Phi) is 10.2. The maximum Gasteiger partial charge on any atom is 0.423 e. The summed E-state index contributed by atoms with van der Waals surface area (Å²) in [6.45, 7) is 2.63. The van der Waals surface area contributed by atoms with Crippen LogP contribution in [0.5, 0.6) is 0 Å². The average Bonchev–Trinajstić information content (AvgIpc) is 3.40. The molecule has 3 aromatic rings. The minimum absolute atomic E-state index is 0.00488. The third-order valence-corrected chi connectivity index (χ3v) is 9.74. The number of carbonyl (C=O) groups excluding carboxylic acids is 1. The van der Waals surface area contributed by atoms with Crippen LogP contribution in [0.1, 0.15) is 41.8 Å². The number of hydrogen-bond donors (Lipinski definition) is 1. The van der Waals surface area contributed by atoms with Gasteiger partial charge in [0.05, 0.1) is 33.4 Å². The first-order valence-corrected chi connectivity index (χ1v) is 15.8. The lowest BCUT2D eigenvalue weighted by atomic mass is 9.94. The monoisotopic (exact) mass is 677 g/mol. The largest absolute Gasteiger partial charge is 0.423 e. The number of alkyl halides is 6. The molecule has 0 spiro atoms. The predicted molar refractivity (Wildman–Crippen MR) is 156 cm³/mol. The first kappa shape index (κ1) is 33.4.